The third-order valence-corrected chi connectivity index (χ3v) is 4.86. The van der Waals surface area contributed by atoms with Gasteiger partial charge in [0, 0.05) is 11.6 Å². The van der Waals surface area contributed by atoms with Crippen LogP contribution in [0.4, 0.5) is 4.39 Å². The number of likely N-dealkylation sites (tertiary alicyclic amines) is 1. The molecular weight excluding hydrogens is 345 g/mol. The highest BCUT2D eigenvalue weighted by molar-refractivity contribution is 6.31. The van der Waals surface area contributed by atoms with Crippen LogP contribution in [-0.2, 0) is 0 Å². The molecule has 0 radical (unpaired) electrons. The lowest BCUT2D eigenvalue weighted by molar-refractivity contribution is 0.0730. The molecule has 0 aromatic heterocycles. The van der Waals surface area contributed by atoms with Crippen LogP contribution in [-0.4, -0.2) is 30.6 Å². The number of fused-ring (bicyclic) bond motifs is 1. The van der Waals surface area contributed by atoms with Gasteiger partial charge < -0.3 is 14.4 Å². The predicted molar refractivity (Wildman–Crippen MR) is 91.9 cm³/mol. The Labute approximate surface area is 150 Å². The molecule has 2 aliphatic rings. The highest BCUT2D eigenvalue weighted by atomic mass is 35.5. The van der Waals surface area contributed by atoms with E-state index in [1.54, 1.807) is 4.90 Å². The topological polar surface area (TPSA) is 38.8 Å². The van der Waals surface area contributed by atoms with E-state index >= 15 is 0 Å². The molecular formula is C19H17ClFNO3. The van der Waals surface area contributed by atoms with Crippen molar-refractivity contribution < 1.29 is 18.7 Å². The van der Waals surface area contributed by atoms with Crippen LogP contribution in [0.15, 0.2) is 36.4 Å². The Morgan fingerprint density at radius 2 is 1.92 bits per heavy atom. The lowest BCUT2D eigenvalue weighted by Gasteiger charge is -2.27. The summed E-state index contributed by atoms with van der Waals surface area (Å²) in [5, 5.41) is 0.347. The average Bonchev–Trinajstić information content (AvgIpc) is 3.12. The molecule has 0 N–H and O–H groups in total. The van der Waals surface area contributed by atoms with Crippen molar-refractivity contribution in [3.8, 4) is 11.5 Å². The Balaban J connectivity index is 1.64. The second-order valence-electron chi connectivity index (χ2n) is 6.18. The van der Waals surface area contributed by atoms with E-state index in [2.05, 4.69) is 0 Å². The molecule has 4 rings (SSSR count). The summed E-state index contributed by atoms with van der Waals surface area (Å²) in [6.07, 6.45) is 1.70. The van der Waals surface area contributed by atoms with Crippen LogP contribution in [0.25, 0.3) is 0 Å². The summed E-state index contributed by atoms with van der Waals surface area (Å²) in [4.78, 5) is 14.6. The minimum absolute atomic E-state index is 0.0111. The number of rotatable bonds is 2. The van der Waals surface area contributed by atoms with Crippen molar-refractivity contribution in [2.45, 2.75) is 18.9 Å². The highest BCUT2D eigenvalue weighted by Gasteiger charge is 2.32. The quantitative estimate of drug-likeness (QED) is 0.803. The monoisotopic (exact) mass is 361 g/mol. The normalized spacial score (nSPS) is 19.1. The first-order chi connectivity index (χ1) is 12.1. The van der Waals surface area contributed by atoms with Gasteiger partial charge in [0.05, 0.1) is 11.6 Å². The van der Waals surface area contributed by atoms with Gasteiger partial charge in [0.25, 0.3) is 5.91 Å². The van der Waals surface area contributed by atoms with E-state index in [4.69, 9.17) is 21.1 Å². The van der Waals surface area contributed by atoms with E-state index in [1.165, 1.54) is 18.2 Å². The number of amides is 1. The zero-order valence-electron chi connectivity index (χ0n) is 13.5. The van der Waals surface area contributed by atoms with Gasteiger partial charge in [-0.25, -0.2) is 4.39 Å². The van der Waals surface area contributed by atoms with Crippen molar-refractivity contribution >= 4 is 17.5 Å². The third kappa shape index (κ3) is 3.04. The maximum Gasteiger partial charge on any atom is 0.257 e. The Hall–Kier alpha value is -2.27. The molecule has 1 fully saturated rings. The first kappa shape index (κ1) is 16.2. The van der Waals surface area contributed by atoms with Crippen molar-refractivity contribution in [3.63, 3.8) is 0 Å². The highest BCUT2D eigenvalue weighted by Crippen LogP contribution is 2.38. The second kappa shape index (κ2) is 6.56. The standard InChI is InChI=1S/C19H17ClFNO3/c20-13-4-5-15(21)14(11-13)19(23)22-7-1-2-16(22)12-3-6-17-18(10-12)25-9-8-24-17/h3-6,10-11,16H,1-2,7-9H2. The number of benzene rings is 2. The SMILES string of the molecule is O=C(c1cc(Cl)ccc1F)N1CCCC1c1ccc2c(c1)OCCO2. The molecule has 1 unspecified atom stereocenters. The molecule has 130 valence electrons. The van der Waals surface area contributed by atoms with Gasteiger partial charge in [-0.3, -0.25) is 4.79 Å². The van der Waals surface area contributed by atoms with Crippen LogP contribution in [0, 0.1) is 5.82 Å². The number of ether oxygens (including phenoxy) is 2. The van der Waals surface area contributed by atoms with Gasteiger partial charge in [-0.15, -0.1) is 0 Å². The maximum atomic E-state index is 14.1. The van der Waals surface area contributed by atoms with Gasteiger partial charge >= 0.3 is 0 Å². The Morgan fingerprint density at radius 3 is 2.76 bits per heavy atom. The number of hydrogen-bond donors (Lipinski definition) is 0. The molecule has 0 bridgehead atoms. The summed E-state index contributed by atoms with van der Waals surface area (Å²) in [7, 11) is 0. The molecule has 1 amide bonds. The summed E-state index contributed by atoms with van der Waals surface area (Å²) in [5.41, 5.74) is 0.981. The molecule has 2 aromatic rings. The number of hydrogen-bond acceptors (Lipinski definition) is 3. The van der Waals surface area contributed by atoms with Gasteiger partial charge in [0.2, 0.25) is 0 Å². The van der Waals surface area contributed by atoms with Gasteiger partial charge in [-0.2, -0.15) is 0 Å². The first-order valence-corrected chi connectivity index (χ1v) is 8.67. The zero-order chi connectivity index (χ0) is 17.4. The van der Waals surface area contributed by atoms with Crippen LogP contribution in [0.3, 0.4) is 0 Å². The summed E-state index contributed by atoms with van der Waals surface area (Å²) in [6.45, 7) is 1.63. The van der Waals surface area contributed by atoms with E-state index in [-0.39, 0.29) is 17.5 Å². The fraction of sp³-hybridized carbons (Fsp3) is 0.316. The largest absolute Gasteiger partial charge is 0.486 e. The molecule has 0 spiro atoms. The molecule has 1 saturated heterocycles. The lowest BCUT2D eigenvalue weighted by atomic mass is 10.0. The van der Waals surface area contributed by atoms with Crippen LogP contribution in [0.5, 0.6) is 11.5 Å². The summed E-state index contributed by atoms with van der Waals surface area (Å²) >= 11 is 5.93. The zero-order valence-corrected chi connectivity index (χ0v) is 14.3. The fourth-order valence-electron chi connectivity index (χ4n) is 3.44. The van der Waals surface area contributed by atoms with Crippen LogP contribution < -0.4 is 9.47 Å². The Bertz CT molecular complexity index is 826. The molecule has 0 saturated carbocycles. The Morgan fingerprint density at radius 1 is 1.12 bits per heavy atom. The summed E-state index contributed by atoms with van der Waals surface area (Å²) in [5.74, 6) is 0.517. The minimum atomic E-state index is -0.553. The minimum Gasteiger partial charge on any atom is -0.486 e. The molecule has 0 aliphatic carbocycles. The summed E-state index contributed by atoms with van der Waals surface area (Å²) < 4.78 is 25.3. The van der Waals surface area contributed by atoms with E-state index < -0.39 is 5.82 Å². The number of carbonyl (C=O) groups excluding carboxylic acids is 1. The number of carbonyl (C=O) groups is 1. The van der Waals surface area contributed by atoms with Crippen molar-refractivity contribution in [2.24, 2.45) is 0 Å². The molecule has 2 aliphatic heterocycles. The van der Waals surface area contributed by atoms with Crippen LogP contribution >= 0.6 is 11.6 Å². The maximum absolute atomic E-state index is 14.1. The van der Waals surface area contributed by atoms with Crippen LogP contribution in [0.1, 0.15) is 34.8 Å². The second-order valence-corrected chi connectivity index (χ2v) is 6.62. The summed E-state index contributed by atoms with van der Waals surface area (Å²) in [6, 6.07) is 9.67. The number of halogens is 2. The molecule has 2 aromatic carbocycles. The van der Waals surface area contributed by atoms with E-state index in [1.807, 2.05) is 18.2 Å². The van der Waals surface area contributed by atoms with Crippen molar-refractivity contribution in [3.05, 3.63) is 58.4 Å². The molecule has 6 heteroatoms. The number of nitrogens with zero attached hydrogens (tertiary/aromatic N) is 1. The average molecular weight is 362 g/mol. The smallest absolute Gasteiger partial charge is 0.257 e. The third-order valence-electron chi connectivity index (χ3n) is 4.62. The Kier molecular flexibility index (Phi) is 4.25. The lowest BCUT2D eigenvalue weighted by Crippen LogP contribution is -2.31. The van der Waals surface area contributed by atoms with E-state index in [9.17, 15) is 9.18 Å². The van der Waals surface area contributed by atoms with Crippen molar-refractivity contribution in [2.75, 3.05) is 19.8 Å². The van der Waals surface area contributed by atoms with Crippen molar-refractivity contribution in [1.82, 2.24) is 4.90 Å². The molecule has 4 nitrogen and oxygen atoms in total. The fourth-order valence-corrected chi connectivity index (χ4v) is 3.61. The van der Waals surface area contributed by atoms with Crippen LogP contribution in [0.2, 0.25) is 5.02 Å². The van der Waals surface area contributed by atoms with E-state index in [0.29, 0.717) is 36.3 Å². The molecule has 25 heavy (non-hydrogen) atoms. The van der Waals surface area contributed by atoms with Gasteiger partial charge in [-0.05, 0) is 48.7 Å². The van der Waals surface area contributed by atoms with Gasteiger partial charge in [-0.1, -0.05) is 17.7 Å². The first-order valence-electron chi connectivity index (χ1n) is 8.29. The van der Waals surface area contributed by atoms with Gasteiger partial charge in [0.15, 0.2) is 11.5 Å². The molecule has 2 heterocycles. The van der Waals surface area contributed by atoms with Gasteiger partial charge in [0.1, 0.15) is 19.0 Å². The molecule has 1 atom stereocenters. The van der Waals surface area contributed by atoms with Crippen molar-refractivity contribution in [1.29, 1.82) is 0 Å². The van der Waals surface area contributed by atoms with E-state index in [0.717, 1.165) is 18.4 Å². The predicted octanol–water partition coefficient (Wildman–Crippen LogP) is 4.23.